The zero-order chi connectivity index (χ0) is 17.6. The minimum atomic E-state index is -0.258. The van der Waals surface area contributed by atoms with Gasteiger partial charge in [0.1, 0.15) is 11.9 Å². The van der Waals surface area contributed by atoms with Gasteiger partial charge in [-0.15, -0.1) is 0 Å². The van der Waals surface area contributed by atoms with Gasteiger partial charge in [0, 0.05) is 17.3 Å². The molecule has 0 aromatic rings. The molecule has 0 aromatic heterocycles. The molecule has 1 saturated heterocycles. The molecule has 3 nitrogen and oxygen atoms in total. The summed E-state index contributed by atoms with van der Waals surface area (Å²) < 4.78 is 5.84. The average Bonchev–Trinajstić information content (AvgIpc) is 3.32. The largest absolute Gasteiger partial charge is 0.365 e. The number of hydrogen-bond donors (Lipinski definition) is 0. The lowest BCUT2D eigenvalue weighted by Gasteiger charge is -2.54. The van der Waals surface area contributed by atoms with Crippen LogP contribution in [-0.4, -0.2) is 23.8 Å². The number of ketones is 2. The first-order valence-electron chi connectivity index (χ1n) is 10.4. The van der Waals surface area contributed by atoms with Crippen LogP contribution in [0.25, 0.3) is 0 Å². The van der Waals surface area contributed by atoms with E-state index in [0.717, 1.165) is 44.9 Å². The molecule has 0 amide bonds. The maximum atomic E-state index is 13.2. The molecule has 5 rings (SSSR count). The second-order valence-electron chi connectivity index (χ2n) is 9.83. The van der Waals surface area contributed by atoms with Gasteiger partial charge in [0.25, 0.3) is 0 Å². The minimum absolute atomic E-state index is 0.0635. The van der Waals surface area contributed by atoms with Gasteiger partial charge in [-0.25, -0.2) is 0 Å². The smallest absolute Gasteiger partial charge is 0.159 e. The Bertz CT molecular complexity index is 679. The van der Waals surface area contributed by atoms with Gasteiger partial charge in [-0.1, -0.05) is 27.2 Å². The van der Waals surface area contributed by atoms with Crippen LogP contribution < -0.4 is 0 Å². The van der Waals surface area contributed by atoms with Crippen LogP contribution in [0.1, 0.15) is 65.7 Å². The Morgan fingerprint density at radius 2 is 1.88 bits per heavy atom. The number of Topliss-reactive ketones (excluding diaryl/α,β-unsaturated/α-hetero) is 1. The summed E-state index contributed by atoms with van der Waals surface area (Å²) in [6, 6.07) is 0. The van der Waals surface area contributed by atoms with E-state index in [1.54, 1.807) is 0 Å². The van der Waals surface area contributed by atoms with Crippen molar-refractivity contribution in [1.82, 2.24) is 0 Å². The van der Waals surface area contributed by atoms with Crippen LogP contribution in [0.2, 0.25) is 0 Å². The monoisotopic (exact) mass is 342 g/mol. The first-order valence-corrected chi connectivity index (χ1v) is 10.4. The summed E-state index contributed by atoms with van der Waals surface area (Å²) >= 11 is 0. The minimum Gasteiger partial charge on any atom is -0.365 e. The molecule has 4 aliphatic carbocycles. The second kappa shape index (κ2) is 5.06. The van der Waals surface area contributed by atoms with E-state index in [-0.39, 0.29) is 34.7 Å². The molecule has 1 heterocycles. The van der Waals surface area contributed by atoms with Gasteiger partial charge in [-0.2, -0.15) is 0 Å². The molecule has 0 radical (unpaired) electrons. The zero-order valence-electron chi connectivity index (χ0n) is 15.7. The zero-order valence-corrected chi connectivity index (χ0v) is 15.7. The highest BCUT2D eigenvalue weighted by atomic mass is 16.6. The normalized spacial score (nSPS) is 53.5. The van der Waals surface area contributed by atoms with Crippen molar-refractivity contribution < 1.29 is 14.3 Å². The highest BCUT2D eigenvalue weighted by Crippen LogP contribution is 2.66. The Morgan fingerprint density at radius 1 is 1.12 bits per heavy atom. The van der Waals surface area contributed by atoms with Crippen LogP contribution in [-0.2, 0) is 14.3 Å². The number of allylic oxidation sites excluding steroid dienone is 1. The van der Waals surface area contributed by atoms with Crippen LogP contribution in [0, 0.1) is 34.5 Å². The summed E-state index contributed by atoms with van der Waals surface area (Å²) in [6.45, 7) is 6.71. The number of hydrogen-bond acceptors (Lipinski definition) is 3. The fraction of sp³-hybridized carbons (Fsp3) is 0.818. The van der Waals surface area contributed by atoms with Crippen LogP contribution in [0.15, 0.2) is 11.6 Å². The molecule has 136 valence electrons. The lowest BCUT2D eigenvalue weighted by atomic mass is 9.48. The quantitative estimate of drug-likeness (QED) is 0.710. The van der Waals surface area contributed by atoms with Gasteiger partial charge >= 0.3 is 0 Å². The second-order valence-corrected chi connectivity index (χ2v) is 9.83. The van der Waals surface area contributed by atoms with Crippen molar-refractivity contribution in [2.45, 2.75) is 77.9 Å². The molecule has 0 unspecified atom stereocenters. The topological polar surface area (TPSA) is 46.7 Å². The average molecular weight is 342 g/mol. The Balaban J connectivity index is 1.54. The fourth-order valence-corrected chi connectivity index (χ4v) is 7.24. The molecule has 5 aliphatic rings. The predicted octanol–water partition coefficient (Wildman–Crippen LogP) is 4.10. The molecular weight excluding hydrogens is 312 g/mol. The molecule has 4 fully saturated rings. The van der Waals surface area contributed by atoms with Crippen LogP contribution in [0.4, 0.5) is 0 Å². The molecule has 8 atom stereocenters. The molecule has 3 heteroatoms. The lowest BCUT2D eigenvalue weighted by Crippen LogP contribution is -2.53. The van der Waals surface area contributed by atoms with Crippen molar-refractivity contribution in [3.05, 3.63) is 11.6 Å². The summed E-state index contributed by atoms with van der Waals surface area (Å²) in [5.41, 5.74) is 1.14. The molecule has 0 aromatic carbocycles. The van der Waals surface area contributed by atoms with E-state index in [1.165, 1.54) is 5.57 Å². The Hall–Kier alpha value is -0.960. The summed E-state index contributed by atoms with van der Waals surface area (Å²) in [6.07, 6.45) is 9.82. The Morgan fingerprint density at radius 3 is 2.64 bits per heavy atom. The van der Waals surface area contributed by atoms with E-state index in [1.807, 2.05) is 6.08 Å². The van der Waals surface area contributed by atoms with Crippen molar-refractivity contribution in [3.8, 4) is 0 Å². The highest BCUT2D eigenvalue weighted by molar-refractivity contribution is 5.97. The van der Waals surface area contributed by atoms with E-state index >= 15 is 0 Å². The van der Waals surface area contributed by atoms with Crippen molar-refractivity contribution in [2.75, 3.05) is 0 Å². The molecule has 3 saturated carbocycles. The van der Waals surface area contributed by atoms with Gasteiger partial charge < -0.3 is 4.74 Å². The summed E-state index contributed by atoms with van der Waals surface area (Å²) in [4.78, 5) is 26.3. The van der Waals surface area contributed by atoms with Crippen LogP contribution in [0.3, 0.4) is 0 Å². The first-order chi connectivity index (χ1) is 11.9. The van der Waals surface area contributed by atoms with Crippen molar-refractivity contribution in [3.63, 3.8) is 0 Å². The van der Waals surface area contributed by atoms with Gasteiger partial charge in [-0.05, 0) is 67.4 Å². The molecule has 1 aliphatic heterocycles. The van der Waals surface area contributed by atoms with Gasteiger partial charge in [-0.3, -0.25) is 9.59 Å². The fourth-order valence-electron chi connectivity index (χ4n) is 7.24. The number of fused-ring (bicyclic) bond motifs is 7. The molecule has 0 spiro atoms. The van der Waals surface area contributed by atoms with Crippen molar-refractivity contribution >= 4 is 11.6 Å². The molecular formula is C22H30O3. The number of ether oxygens (including phenoxy) is 1. The number of epoxide rings is 1. The van der Waals surface area contributed by atoms with Crippen LogP contribution >= 0.6 is 0 Å². The Labute approximate surface area is 150 Å². The van der Waals surface area contributed by atoms with E-state index in [9.17, 15) is 9.59 Å². The van der Waals surface area contributed by atoms with E-state index in [4.69, 9.17) is 4.74 Å². The molecule has 25 heavy (non-hydrogen) atoms. The maximum Gasteiger partial charge on any atom is 0.159 e. The SMILES string of the molecule is CCC[C@@H]1C[C@H]2[C@@H]3C(=O)C=C4[C@@H]5O[C@@H]5CC[C@]4(C)[C@H]3CC[C@]2(C)C1=O. The van der Waals surface area contributed by atoms with Gasteiger partial charge in [0.05, 0.1) is 6.10 Å². The third-order valence-electron chi connectivity index (χ3n) is 8.71. The third-order valence-corrected chi connectivity index (χ3v) is 8.71. The van der Waals surface area contributed by atoms with E-state index < -0.39 is 0 Å². The van der Waals surface area contributed by atoms with Gasteiger partial charge in [0.2, 0.25) is 0 Å². The first kappa shape index (κ1) is 16.2. The van der Waals surface area contributed by atoms with Gasteiger partial charge in [0.15, 0.2) is 5.78 Å². The van der Waals surface area contributed by atoms with Crippen molar-refractivity contribution in [2.24, 2.45) is 34.5 Å². The summed E-state index contributed by atoms with van der Waals surface area (Å²) in [7, 11) is 0. The third kappa shape index (κ3) is 1.97. The van der Waals surface area contributed by atoms with Crippen LogP contribution in [0.5, 0.6) is 0 Å². The number of carbonyl (C=O) groups is 2. The predicted molar refractivity (Wildman–Crippen MR) is 94.9 cm³/mol. The maximum absolute atomic E-state index is 13.2. The number of carbonyl (C=O) groups excluding carboxylic acids is 2. The summed E-state index contributed by atoms with van der Waals surface area (Å²) in [5.74, 6) is 1.68. The standard InChI is InChI=1S/C22H30O3/c1-4-5-12-10-14-18-13(6-8-22(14,3)20(12)24)21(2)9-7-17-19(25-17)15(21)11-16(18)23/h11-14,17-19H,4-10H2,1-3H3/t12-,13+,14+,17-,18-,19+,21-,22+/m1/s1. The molecule has 0 bridgehead atoms. The highest BCUT2D eigenvalue weighted by Gasteiger charge is 2.65. The van der Waals surface area contributed by atoms with E-state index in [0.29, 0.717) is 23.6 Å². The number of rotatable bonds is 2. The lowest BCUT2D eigenvalue weighted by molar-refractivity contribution is -0.140. The molecule has 0 N–H and O–H groups in total. The summed E-state index contributed by atoms with van der Waals surface area (Å²) in [5, 5.41) is 0. The van der Waals surface area contributed by atoms with Crippen molar-refractivity contribution in [1.29, 1.82) is 0 Å². The van der Waals surface area contributed by atoms with E-state index in [2.05, 4.69) is 20.8 Å². The Kier molecular flexibility index (Phi) is 3.28.